The Morgan fingerprint density at radius 1 is 0.968 bits per heavy atom. The summed E-state index contributed by atoms with van der Waals surface area (Å²) in [7, 11) is 0. The molecule has 0 atom stereocenters. The largest absolute Gasteiger partial charge is 0.461 e. The van der Waals surface area contributed by atoms with Gasteiger partial charge in [0, 0.05) is 28.8 Å². The van der Waals surface area contributed by atoms with Gasteiger partial charge in [-0.25, -0.2) is 4.79 Å². The molecule has 7 heteroatoms. The van der Waals surface area contributed by atoms with Gasteiger partial charge in [-0.1, -0.05) is 12.1 Å². The van der Waals surface area contributed by atoms with Gasteiger partial charge >= 0.3 is 5.63 Å². The first-order valence-corrected chi connectivity index (χ1v) is 9.91. The van der Waals surface area contributed by atoms with Crippen molar-refractivity contribution < 1.29 is 18.4 Å². The van der Waals surface area contributed by atoms with Crippen molar-refractivity contribution in [2.24, 2.45) is 5.73 Å². The highest BCUT2D eigenvalue weighted by atomic mass is 16.4. The molecule has 2 heterocycles. The lowest BCUT2D eigenvalue weighted by Crippen LogP contribution is -2.19. The summed E-state index contributed by atoms with van der Waals surface area (Å²) in [6.45, 7) is 5.73. The fraction of sp³-hybridized carbons (Fsp3) is 0.208. The minimum Gasteiger partial charge on any atom is -0.461 e. The quantitative estimate of drug-likeness (QED) is 0.473. The molecule has 158 valence electrons. The van der Waals surface area contributed by atoms with Crippen LogP contribution in [0.5, 0.6) is 0 Å². The molecule has 2 aromatic heterocycles. The molecule has 4 rings (SSSR count). The van der Waals surface area contributed by atoms with Crippen LogP contribution in [0.3, 0.4) is 0 Å². The van der Waals surface area contributed by atoms with Gasteiger partial charge in [-0.15, -0.1) is 0 Å². The predicted molar refractivity (Wildman–Crippen MR) is 118 cm³/mol. The van der Waals surface area contributed by atoms with Gasteiger partial charge in [0.15, 0.2) is 0 Å². The Morgan fingerprint density at radius 2 is 1.65 bits per heavy atom. The lowest BCUT2D eigenvalue weighted by molar-refractivity contribution is -0.116. The first-order chi connectivity index (χ1) is 14.8. The molecule has 0 radical (unpaired) electrons. The van der Waals surface area contributed by atoms with Gasteiger partial charge in [0.1, 0.15) is 16.9 Å². The molecule has 31 heavy (non-hydrogen) atoms. The SMILES string of the molecule is Cc1oc2cc3oc(=O)c(CCC(=O)Nc4ccccc4C(N)=O)c(C)c3cc2c1C. The molecule has 0 aliphatic heterocycles. The Kier molecular flexibility index (Phi) is 5.10. The van der Waals surface area contributed by atoms with E-state index in [9.17, 15) is 14.4 Å². The number of nitrogens with two attached hydrogens (primary N) is 1. The van der Waals surface area contributed by atoms with Crippen molar-refractivity contribution in [1.29, 1.82) is 0 Å². The number of hydrogen-bond acceptors (Lipinski definition) is 5. The molecule has 0 bridgehead atoms. The van der Waals surface area contributed by atoms with E-state index >= 15 is 0 Å². The highest BCUT2D eigenvalue weighted by Gasteiger charge is 2.17. The number of aryl methyl sites for hydroxylation is 3. The Bertz CT molecular complexity index is 1410. The minimum atomic E-state index is -0.627. The molecule has 0 fully saturated rings. The summed E-state index contributed by atoms with van der Waals surface area (Å²) in [6.07, 6.45) is 0.256. The summed E-state index contributed by atoms with van der Waals surface area (Å²) < 4.78 is 11.3. The van der Waals surface area contributed by atoms with Gasteiger partial charge in [-0.2, -0.15) is 0 Å². The Labute approximate surface area is 177 Å². The lowest BCUT2D eigenvalue weighted by Gasteiger charge is -2.10. The monoisotopic (exact) mass is 418 g/mol. The highest BCUT2D eigenvalue weighted by molar-refractivity contribution is 6.03. The van der Waals surface area contributed by atoms with E-state index in [1.54, 1.807) is 30.3 Å². The van der Waals surface area contributed by atoms with Crippen LogP contribution in [-0.2, 0) is 11.2 Å². The van der Waals surface area contributed by atoms with Crippen molar-refractivity contribution in [2.75, 3.05) is 5.32 Å². The molecule has 3 N–H and O–H groups in total. The van der Waals surface area contributed by atoms with Crippen LogP contribution < -0.4 is 16.7 Å². The number of amides is 2. The zero-order valence-electron chi connectivity index (χ0n) is 17.5. The van der Waals surface area contributed by atoms with E-state index in [1.807, 2.05) is 26.8 Å². The summed E-state index contributed by atoms with van der Waals surface area (Å²) in [4.78, 5) is 36.6. The number of anilines is 1. The summed E-state index contributed by atoms with van der Waals surface area (Å²) in [5, 5.41) is 4.46. The first kappa shape index (κ1) is 20.4. The van der Waals surface area contributed by atoms with E-state index in [4.69, 9.17) is 14.6 Å². The topological polar surface area (TPSA) is 116 Å². The number of rotatable bonds is 5. The van der Waals surface area contributed by atoms with Crippen molar-refractivity contribution in [2.45, 2.75) is 33.6 Å². The fourth-order valence-electron chi connectivity index (χ4n) is 3.77. The van der Waals surface area contributed by atoms with Crippen molar-refractivity contribution in [3.63, 3.8) is 0 Å². The number of para-hydroxylation sites is 1. The number of fused-ring (bicyclic) bond motifs is 2. The minimum absolute atomic E-state index is 0.0519. The molecule has 4 aromatic rings. The van der Waals surface area contributed by atoms with E-state index in [-0.39, 0.29) is 24.3 Å². The van der Waals surface area contributed by atoms with Crippen LogP contribution in [0.25, 0.3) is 21.9 Å². The third-order valence-corrected chi connectivity index (χ3v) is 5.65. The number of benzene rings is 2. The van der Waals surface area contributed by atoms with Crippen LogP contribution in [0.2, 0.25) is 0 Å². The van der Waals surface area contributed by atoms with Crippen molar-refractivity contribution >= 4 is 39.4 Å². The third-order valence-electron chi connectivity index (χ3n) is 5.65. The van der Waals surface area contributed by atoms with E-state index < -0.39 is 11.5 Å². The zero-order valence-corrected chi connectivity index (χ0v) is 17.5. The molecule has 0 unspecified atom stereocenters. The fourth-order valence-corrected chi connectivity index (χ4v) is 3.77. The molecule has 7 nitrogen and oxygen atoms in total. The first-order valence-electron chi connectivity index (χ1n) is 9.91. The van der Waals surface area contributed by atoms with Crippen LogP contribution in [0.4, 0.5) is 5.69 Å². The van der Waals surface area contributed by atoms with E-state index in [1.165, 1.54) is 0 Å². The smallest absolute Gasteiger partial charge is 0.339 e. The van der Waals surface area contributed by atoms with Gasteiger partial charge in [0.05, 0.1) is 11.3 Å². The average Bonchev–Trinajstić information content (AvgIpc) is 3.00. The maximum atomic E-state index is 12.6. The number of hydrogen-bond donors (Lipinski definition) is 2. The maximum absolute atomic E-state index is 12.6. The zero-order chi connectivity index (χ0) is 22.3. The van der Waals surface area contributed by atoms with E-state index in [0.717, 1.165) is 27.7 Å². The Hall–Kier alpha value is -3.87. The van der Waals surface area contributed by atoms with Crippen molar-refractivity contribution in [3.8, 4) is 0 Å². The standard InChI is InChI=1S/C24H22N2O5/c1-12-14(3)30-20-11-21-18(10-17(12)20)13(2)15(24(29)31-21)8-9-22(27)26-19-7-5-4-6-16(19)23(25)28/h4-7,10-11H,8-9H2,1-3H3,(H2,25,28)(H,26,27). The normalized spacial score (nSPS) is 11.2. The van der Waals surface area contributed by atoms with Crippen LogP contribution in [0.15, 0.2) is 50.0 Å². The van der Waals surface area contributed by atoms with E-state index in [0.29, 0.717) is 22.4 Å². The van der Waals surface area contributed by atoms with Gasteiger partial charge in [0.25, 0.3) is 5.91 Å². The van der Waals surface area contributed by atoms with Crippen LogP contribution in [0, 0.1) is 20.8 Å². The number of carbonyl (C=O) groups excluding carboxylic acids is 2. The molecule has 0 spiro atoms. The molecule has 2 aromatic carbocycles. The second-order valence-corrected chi connectivity index (χ2v) is 7.58. The number of nitrogens with one attached hydrogen (secondary N) is 1. The number of carbonyl (C=O) groups is 2. The van der Waals surface area contributed by atoms with Gasteiger partial charge in [0.2, 0.25) is 5.91 Å². The third kappa shape index (κ3) is 3.70. The average molecular weight is 418 g/mol. The second kappa shape index (κ2) is 7.75. The molecular weight excluding hydrogens is 396 g/mol. The Balaban J connectivity index is 1.62. The predicted octanol–water partition coefficient (Wildman–Crippen LogP) is 4.13. The number of primary amides is 1. The Morgan fingerprint density at radius 3 is 2.39 bits per heavy atom. The lowest BCUT2D eigenvalue weighted by atomic mass is 10.0. The van der Waals surface area contributed by atoms with Crippen LogP contribution in [0.1, 0.15) is 39.2 Å². The molecule has 0 aliphatic carbocycles. The summed E-state index contributed by atoms with van der Waals surface area (Å²) in [5.41, 5.74) is 8.83. The van der Waals surface area contributed by atoms with Gasteiger partial charge < -0.3 is 19.9 Å². The highest BCUT2D eigenvalue weighted by Crippen LogP contribution is 2.31. The van der Waals surface area contributed by atoms with Crippen molar-refractivity contribution in [3.05, 3.63) is 74.8 Å². The maximum Gasteiger partial charge on any atom is 0.339 e. The molecule has 0 saturated heterocycles. The van der Waals surface area contributed by atoms with Crippen molar-refractivity contribution in [1.82, 2.24) is 0 Å². The molecule has 0 aliphatic rings. The van der Waals surface area contributed by atoms with Crippen LogP contribution >= 0.6 is 0 Å². The molecule has 2 amide bonds. The summed E-state index contributed by atoms with van der Waals surface area (Å²) >= 11 is 0. The van der Waals surface area contributed by atoms with Gasteiger partial charge in [-0.3, -0.25) is 9.59 Å². The van der Waals surface area contributed by atoms with Gasteiger partial charge in [-0.05, 0) is 56.5 Å². The van der Waals surface area contributed by atoms with E-state index in [2.05, 4.69) is 5.32 Å². The van der Waals surface area contributed by atoms with Crippen LogP contribution in [-0.4, -0.2) is 11.8 Å². The summed E-state index contributed by atoms with van der Waals surface area (Å²) in [5.74, 6) is -0.138. The molecular formula is C24H22N2O5. The summed E-state index contributed by atoms with van der Waals surface area (Å²) in [6, 6.07) is 10.2. The second-order valence-electron chi connectivity index (χ2n) is 7.58. The number of furan rings is 1. The molecule has 0 saturated carbocycles.